The highest BCUT2D eigenvalue weighted by Gasteiger charge is 2.18. The van der Waals surface area contributed by atoms with E-state index in [1.54, 1.807) is 37.4 Å². The molecule has 0 aliphatic rings. The number of halogens is 1. The molecule has 1 amide bonds. The van der Waals surface area contributed by atoms with Crippen molar-refractivity contribution in [2.24, 2.45) is 5.92 Å². The van der Waals surface area contributed by atoms with Crippen LogP contribution in [0.15, 0.2) is 41.8 Å². The third kappa shape index (κ3) is 5.45. The van der Waals surface area contributed by atoms with E-state index < -0.39 is 11.9 Å². The van der Waals surface area contributed by atoms with Crippen LogP contribution in [0.3, 0.4) is 0 Å². The van der Waals surface area contributed by atoms with Crippen molar-refractivity contribution in [1.82, 2.24) is 4.90 Å². The molecule has 0 aliphatic carbocycles. The topological polar surface area (TPSA) is 46.6 Å². The van der Waals surface area contributed by atoms with E-state index in [-0.39, 0.29) is 18.3 Å². The lowest BCUT2D eigenvalue weighted by Gasteiger charge is -2.17. The standard InChI is InChI=1S/C18H20FNO3S/c1-13(9-14-5-3-6-15(19)10-14)18(22)23-12-17(21)20(2)11-16-7-4-8-24-16/h3-8,10,13H,9,11-12H2,1-2H3. The lowest BCUT2D eigenvalue weighted by atomic mass is 10.0. The van der Waals surface area contributed by atoms with Gasteiger partial charge in [0.2, 0.25) is 0 Å². The largest absolute Gasteiger partial charge is 0.455 e. The smallest absolute Gasteiger partial charge is 0.309 e. The maximum absolute atomic E-state index is 13.2. The molecule has 1 unspecified atom stereocenters. The fourth-order valence-electron chi connectivity index (χ4n) is 2.21. The highest BCUT2D eigenvalue weighted by atomic mass is 32.1. The van der Waals surface area contributed by atoms with Crippen LogP contribution in [-0.2, 0) is 27.3 Å². The number of esters is 1. The molecule has 0 aliphatic heterocycles. The second kappa shape index (κ2) is 8.59. The van der Waals surface area contributed by atoms with Gasteiger partial charge in [-0.3, -0.25) is 9.59 Å². The van der Waals surface area contributed by atoms with Gasteiger partial charge < -0.3 is 9.64 Å². The molecule has 128 valence electrons. The summed E-state index contributed by atoms with van der Waals surface area (Å²) in [6.45, 7) is 1.91. The van der Waals surface area contributed by atoms with Gasteiger partial charge in [0.15, 0.2) is 6.61 Å². The van der Waals surface area contributed by atoms with Crippen LogP contribution >= 0.6 is 11.3 Å². The Labute approximate surface area is 144 Å². The summed E-state index contributed by atoms with van der Waals surface area (Å²) in [7, 11) is 1.67. The van der Waals surface area contributed by atoms with E-state index in [0.717, 1.165) is 10.4 Å². The molecule has 1 aromatic carbocycles. The fourth-order valence-corrected chi connectivity index (χ4v) is 2.97. The first-order valence-corrected chi connectivity index (χ1v) is 8.51. The maximum atomic E-state index is 13.2. The van der Waals surface area contributed by atoms with Gasteiger partial charge in [0.1, 0.15) is 5.82 Å². The number of hydrogen-bond acceptors (Lipinski definition) is 4. The molecule has 2 aromatic rings. The van der Waals surface area contributed by atoms with Crippen LogP contribution in [0.4, 0.5) is 4.39 Å². The van der Waals surface area contributed by atoms with E-state index in [2.05, 4.69) is 0 Å². The van der Waals surface area contributed by atoms with Crippen molar-refractivity contribution in [3.05, 3.63) is 58.0 Å². The number of benzene rings is 1. The molecule has 4 nitrogen and oxygen atoms in total. The van der Waals surface area contributed by atoms with Crippen LogP contribution in [0.1, 0.15) is 17.4 Å². The third-order valence-electron chi connectivity index (χ3n) is 3.57. The van der Waals surface area contributed by atoms with Gasteiger partial charge in [-0.1, -0.05) is 25.1 Å². The molecule has 6 heteroatoms. The van der Waals surface area contributed by atoms with Crippen LogP contribution in [0.25, 0.3) is 0 Å². The van der Waals surface area contributed by atoms with Crippen LogP contribution in [0, 0.1) is 11.7 Å². The number of nitrogens with zero attached hydrogens (tertiary/aromatic N) is 1. The SMILES string of the molecule is CC(Cc1cccc(F)c1)C(=O)OCC(=O)N(C)Cc1cccs1. The van der Waals surface area contributed by atoms with Gasteiger partial charge in [0, 0.05) is 11.9 Å². The maximum Gasteiger partial charge on any atom is 0.309 e. The zero-order valence-corrected chi connectivity index (χ0v) is 14.5. The highest BCUT2D eigenvalue weighted by molar-refractivity contribution is 7.09. The van der Waals surface area contributed by atoms with Crippen molar-refractivity contribution in [3.8, 4) is 0 Å². The summed E-state index contributed by atoms with van der Waals surface area (Å²) in [5.41, 5.74) is 0.723. The second-order valence-corrected chi connectivity index (χ2v) is 6.70. The summed E-state index contributed by atoms with van der Waals surface area (Å²) in [4.78, 5) is 26.6. The first kappa shape index (κ1) is 18.1. The Kier molecular flexibility index (Phi) is 6.49. The van der Waals surface area contributed by atoms with Crippen molar-refractivity contribution >= 4 is 23.2 Å². The first-order valence-electron chi connectivity index (χ1n) is 7.63. The minimum Gasteiger partial charge on any atom is -0.455 e. The summed E-state index contributed by atoms with van der Waals surface area (Å²) < 4.78 is 18.2. The van der Waals surface area contributed by atoms with E-state index in [1.165, 1.54) is 17.0 Å². The third-order valence-corrected chi connectivity index (χ3v) is 4.43. The van der Waals surface area contributed by atoms with Gasteiger partial charge in [-0.2, -0.15) is 0 Å². The highest BCUT2D eigenvalue weighted by Crippen LogP contribution is 2.13. The van der Waals surface area contributed by atoms with Gasteiger partial charge in [0.25, 0.3) is 5.91 Å². The minimum atomic E-state index is -0.461. The van der Waals surface area contributed by atoms with Gasteiger partial charge in [0.05, 0.1) is 12.5 Å². The van der Waals surface area contributed by atoms with Crippen molar-refractivity contribution in [2.75, 3.05) is 13.7 Å². The lowest BCUT2D eigenvalue weighted by molar-refractivity contribution is -0.154. The summed E-state index contributed by atoms with van der Waals surface area (Å²) in [6, 6.07) is 9.98. The predicted octanol–water partition coefficient (Wildman–Crippen LogP) is 3.27. The second-order valence-electron chi connectivity index (χ2n) is 5.67. The van der Waals surface area contributed by atoms with Crippen LogP contribution in [0.5, 0.6) is 0 Å². The van der Waals surface area contributed by atoms with Crippen molar-refractivity contribution < 1.29 is 18.7 Å². The zero-order valence-electron chi connectivity index (χ0n) is 13.7. The van der Waals surface area contributed by atoms with Gasteiger partial charge in [-0.05, 0) is 35.6 Å². The number of ether oxygens (including phenoxy) is 1. The van der Waals surface area contributed by atoms with E-state index in [1.807, 2.05) is 17.5 Å². The van der Waals surface area contributed by atoms with Gasteiger partial charge >= 0.3 is 5.97 Å². The Morgan fingerprint density at radius 3 is 2.75 bits per heavy atom. The molecule has 2 rings (SSSR count). The molecular formula is C18H20FNO3S. The molecular weight excluding hydrogens is 329 g/mol. The molecule has 1 aromatic heterocycles. The Morgan fingerprint density at radius 2 is 2.08 bits per heavy atom. The monoisotopic (exact) mass is 349 g/mol. The number of thiophene rings is 1. The van der Waals surface area contributed by atoms with E-state index in [4.69, 9.17) is 4.74 Å². The zero-order chi connectivity index (χ0) is 17.5. The average molecular weight is 349 g/mol. The summed E-state index contributed by atoms with van der Waals surface area (Å²) in [5, 5.41) is 1.95. The molecule has 0 bridgehead atoms. The molecule has 0 saturated carbocycles. The van der Waals surface area contributed by atoms with Crippen LogP contribution < -0.4 is 0 Å². The minimum absolute atomic E-state index is 0.255. The first-order chi connectivity index (χ1) is 11.5. The molecule has 0 spiro atoms. The Morgan fingerprint density at radius 1 is 1.29 bits per heavy atom. The lowest BCUT2D eigenvalue weighted by Crippen LogP contribution is -2.31. The molecule has 0 saturated heterocycles. The normalized spacial score (nSPS) is 11.8. The Balaban J connectivity index is 1.78. The van der Waals surface area contributed by atoms with Crippen LogP contribution in [-0.4, -0.2) is 30.4 Å². The quantitative estimate of drug-likeness (QED) is 0.721. The number of amides is 1. The Bertz CT molecular complexity index is 687. The van der Waals surface area contributed by atoms with Crippen molar-refractivity contribution in [1.29, 1.82) is 0 Å². The molecule has 1 atom stereocenters. The summed E-state index contributed by atoms with van der Waals surface area (Å²) in [6.07, 6.45) is 0.371. The van der Waals surface area contributed by atoms with Crippen LogP contribution in [0.2, 0.25) is 0 Å². The number of carbonyl (C=O) groups is 2. The summed E-state index contributed by atoms with van der Waals surface area (Å²) >= 11 is 1.57. The molecule has 1 heterocycles. The van der Waals surface area contributed by atoms with E-state index in [0.29, 0.717) is 13.0 Å². The number of likely N-dealkylation sites (N-methyl/N-ethyl adjacent to an activating group) is 1. The molecule has 0 radical (unpaired) electrons. The van der Waals surface area contributed by atoms with E-state index >= 15 is 0 Å². The Hall–Kier alpha value is -2.21. The summed E-state index contributed by atoms with van der Waals surface area (Å²) in [5.74, 6) is -1.49. The molecule has 0 N–H and O–H groups in total. The van der Waals surface area contributed by atoms with Crippen molar-refractivity contribution in [2.45, 2.75) is 19.9 Å². The van der Waals surface area contributed by atoms with Crippen molar-refractivity contribution in [3.63, 3.8) is 0 Å². The molecule has 24 heavy (non-hydrogen) atoms. The number of rotatable bonds is 7. The predicted molar refractivity (Wildman–Crippen MR) is 91.0 cm³/mol. The molecule has 0 fully saturated rings. The number of carbonyl (C=O) groups excluding carboxylic acids is 2. The van der Waals surface area contributed by atoms with Gasteiger partial charge in [-0.15, -0.1) is 11.3 Å². The van der Waals surface area contributed by atoms with Gasteiger partial charge in [-0.25, -0.2) is 4.39 Å². The number of hydrogen-bond donors (Lipinski definition) is 0. The average Bonchev–Trinajstić information content (AvgIpc) is 3.05. The fraction of sp³-hybridized carbons (Fsp3) is 0.333. The van der Waals surface area contributed by atoms with E-state index in [9.17, 15) is 14.0 Å².